The summed E-state index contributed by atoms with van der Waals surface area (Å²) in [6.07, 6.45) is 0. The Labute approximate surface area is 305 Å². The van der Waals surface area contributed by atoms with Gasteiger partial charge >= 0.3 is 0 Å². The van der Waals surface area contributed by atoms with Gasteiger partial charge < -0.3 is 4.42 Å². The summed E-state index contributed by atoms with van der Waals surface area (Å²) in [5.41, 5.74) is 5.34. The Morgan fingerprint density at radius 2 is 0.922 bits per heavy atom. The van der Waals surface area contributed by atoms with E-state index in [9.17, 15) is 5.48 Å². The summed E-state index contributed by atoms with van der Waals surface area (Å²) in [7, 11) is 0. The highest BCUT2D eigenvalue weighted by Crippen LogP contribution is 2.46. The molecule has 0 saturated heterocycles. The molecule has 1 heterocycles. The third-order valence-electron chi connectivity index (χ3n) is 10.3. The lowest BCUT2D eigenvalue weighted by molar-refractivity contribution is 0.669. The molecule has 1 aromatic heterocycles. The van der Waals surface area contributed by atoms with Crippen molar-refractivity contribution < 1.29 is 15.4 Å². The average Bonchev–Trinajstić information content (AvgIpc) is 3.66. The Kier molecular flexibility index (Phi) is 4.57. The van der Waals surface area contributed by atoms with Gasteiger partial charge in [-0.1, -0.05) is 158 Å². The normalized spacial score (nSPS) is 14.1. The molecule has 0 aliphatic rings. The van der Waals surface area contributed by atoms with Crippen molar-refractivity contribution in [1.82, 2.24) is 0 Å². The van der Waals surface area contributed by atoms with Gasteiger partial charge in [-0.3, -0.25) is 0 Å². The van der Waals surface area contributed by atoms with Crippen LogP contribution in [0.5, 0.6) is 0 Å². The van der Waals surface area contributed by atoms with Crippen LogP contribution in [0.15, 0.2) is 186 Å². The molecule has 1 heteroatoms. The maximum absolute atomic E-state index is 9.40. The predicted octanol–water partition coefficient (Wildman–Crippen LogP) is 14.4. The minimum Gasteiger partial charge on any atom is -0.456 e. The van der Waals surface area contributed by atoms with Crippen molar-refractivity contribution in [2.24, 2.45) is 0 Å². The SMILES string of the molecule is [2H]c1c([2H])c([2H])c2c(-c3cccc4ccccc34)c3c([2H])c([2H])c([2H])c([2H])c3c(-c3ccc4c(-c5ccc6c(c5)oc5ccc7ccccc7c56)cccc4c3)c2c1[2H]. The van der Waals surface area contributed by atoms with Crippen molar-refractivity contribution in [3.05, 3.63) is 182 Å². The largest absolute Gasteiger partial charge is 0.456 e. The van der Waals surface area contributed by atoms with Gasteiger partial charge in [-0.05, 0) is 112 Å². The van der Waals surface area contributed by atoms with Gasteiger partial charge in [0.25, 0.3) is 0 Å². The zero-order valence-corrected chi connectivity index (χ0v) is 27.1. The molecule has 51 heavy (non-hydrogen) atoms. The zero-order valence-electron chi connectivity index (χ0n) is 35.1. The van der Waals surface area contributed by atoms with Gasteiger partial charge in [-0.2, -0.15) is 0 Å². The van der Waals surface area contributed by atoms with Crippen molar-refractivity contribution in [3.63, 3.8) is 0 Å². The average molecular weight is 655 g/mol. The van der Waals surface area contributed by atoms with Crippen LogP contribution in [-0.4, -0.2) is 0 Å². The molecule has 1 nitrogen and oxygen atoms in total. The van der Waals surface area contributed by atoms with Crippen molar-refractivity contribution >= 4 is 75.8 Å². The molecular weight excluding hydrogens is 617 g/mol. The Hall–Kier alpha value is -6.70. The van der Waals surface area contributed by atoms with E-state index < -0.39 is 24.2 Å². The molecule has 11 rings (SSSR count). The number of hydrogen-bond acceptors (Lipinski definition) is 1. The number of hydrogen-bond donors (Lipinski definition) is 0. The first-order valence-electron chi connectivity index (χ1n) is 20.9. The molecule has 0 aliphatic heterocycles. The molecule has 0 radical (unpaired) electrons. The standard InChI is InChI=1S/C50H30O/c1-3-15-36-31(11-1)13-9-22-40(36)49-43-19-7-5-17-41(43)48(42-18-6-8-20-44(42)49)35-24-26-38-33(29-35)14-10-21-37(38)34-23-27-45-47(30-34)51-46-28-25-32-12-2-4-16-39(32)50(45)46/h1-30H/i5D,6D,7D,8D,17D,18D,19D,20D. The molecule has 0 unspecified atom stereocenters. The molecule has 0 bridgehead atoms. The van der Waals surface area contributed by atoms with Crippen LogP contribution in [0.4, 0.5) is 0 Å². The van der Waals surface area contributed by atoms with E-state index in [1.165, 1.54) is 0 Å². The van der Waals surface area contributed by atoms with E-state index in [0.29, 0.717) is 22.3 Å². The van der Waals surface area contributed by atoms with Gasteiger partial charge in [0.15, 0.2) is 0 Å². The first-order valence-corrected chi connectivity index (χ1v) is 16.9. The summed E-state index contributed by atoms with van der Waals surface area (Å²) in [4.78, 5) is 0. The van der Waals surface area contributed by atoms with Crippen LogP contribution in [0.3, 0.4) is 0 Å². The minimum atomic E-state index is -0.426. The fraction of sp³-hybridized carbons (Fsp3) is 0. The Morgan fingerprint density at radius 3 is 1.69 bits per heavy atom. The molecular formula is C50H30O. The van der Waals surface area contributed by atoms with Crippen LogP contribution in [0.2, 0.25) is 0 Å². The molecule has 0 saturated carbocycles. The quantitative estimate of drug-likeness (QED) is 0.173. The summed E-state index contributed by atoms with van der Waals surface area (Å²) in [5, 5.41) is 8.61. The fourth-order valence-corrected chi connectivity index (χ4v) is 8.03. The lowest BCUT2D eigenvalue weighted by Crippen LogP contribution is -1.92. The molecule has 0 atom stereocenters. The second-order valence-corrected chi connectivity index (χ2v) is 13.0. The van der Waals surface area contributed by atoms with Crippen LogP contribution >= 0.6 is 0 Å². The van der Waals surface area contributed by atoms with E-state index in [0.717, 1.165) is 65.4 Å². The molecule has 11 aromatic rings. The van der Waals surface area contributed by atoms with E-state index in [2.05, 4.69) is 42.5 Å². The minimum absolute atomic E-state index is 0.190. The maximum Gasteiger partial charge on any atom is 0.136 e. The van der Waals surface area contributed by atoms with Gasteiger partial charge in [-0.15, -0.1) is 0 Å². The molecule has 0 fully saturated rings. The third-order valence-corrected chi connectivity index (χ3v) is 10.3. The van der Waals surface area contributed by atoms with Gasteiger partial charge in [0.1, 0.15) is 11.2 Å². The molecule has 0 amide bonds. The molecule has 0 aliphatic carbocycles. The van der Waals surface area contributed by atoms with E-state index in [-0.39, 0.29) is 45.7 Å². The Morgan fingerprint density at radius 1 is 0.353 bits per heavy atom. The molecule has 0 N–H and O–H groups in total. The second-order valence-electron chi connectivity index (χ2n) is 13.0. The van der Waals surface area contributed by atoms with Crippen LogP contribution in [0.25, 0.3) is 109 Å². The monoisotopic (exact) mass is 654 g/mol. The zero-order chi connectivity index (χ0) is 40.4. The maximum atomic E-state index is 9.40. The first-order chi connectivity index (χ1) is 28.6. The smallest absolute Gasteiger partial charge is 0.136 e. The molecule has 236 valence electrons. The highest BCUT2D eigenvalue weighted by molar-refractivity contribution is 6.24. The summed E-state index contributed by atoms with van der Waals surface area (Å²) >= 11 is 0. The summed E-state index contributed by atoms with van der Waals surface area (Å²) in [6, 6.07) is 40.9. The van der Waals surface area contributed by atoms with E-state index in [1.807, 2.05) is 91.0 Å². The van der Waals surface area contributed by atoms with Crippen molar-refractivity contribution in [1.29, 1.82) is 0 Å². The highest BCUT2D eigenvalue weighted by atomic mass is 16.3. The van der Waals surface area contributed by atoms with Crippen LogP contribution in [0.1, 0.15) is 11.0 Å². The predicted molar refractivity (Wildman–Crippen MR) is 218 cm³/mol. The van der Waals surface area contributed by atoms with Crippen molar-refractivity contribution in [2.75, 3.05) is 0 Å². The highest BCUT2D eigenvalue weighted by Gasteiger charge is 2.19. The van der Waals surface area contributed by atoms with E-state index in [4.69, 9.17) is 9.90 Å². The lowest BCUT2D eigenvalue weighted by atomic mass is 9.84. The first kappa shape index (κ1) is 21.4. The fourth-order valence-electron chi connectivity index (χ4n) is 8.03. The number of furan rings is 1. The van der Waals surface area contributed by atoms with Crippen LogP contribution < -0.4 is 0 Å². The molecule has 10 aromatic carbocycles. The van der Waals surface area contributed by atoms with Gasteiger partial charge in [0, 0.05) is 10.8 Å². The summed E-state index contributed by atoms with van der Waals surface area (Å²) in [6.45, 7) is 0. The number of fused-ring (bicyclic) bond motifs is 9. The van der Waals surface area contributed by atoms with Gasteiger partial charge in [-0.25, -0.2) is 0 Å². The van der Waals surface area contributed by atoms with Crippen molar-refractivity contribution in [2.45, 2.75) is 0 Å². The topological polar surface area (TPSA) is 13.1 Å². The van der Waals surface area contributed by atoms with Gasteiger partial charge in [0.2, 0.25) is 0 Å². The summed E-state index contributed by atoms with van der Waals surface area (Å²) < 4.78 is 79.3. The number of rotatable bonds is 3. The van der Waals surface area contributed by atoms with E-state index >= 15 is 0 Å². The second kappa shape index (κ2) is 10.9. The number of benzene rings is 10. The lowest BCUT2D eigenvalue weighted by Gasteiger charge is -2.19. The van der Waals surface area contributed by atoms with E-state index in [1.54, 1.807) is 0 Å². The third kappa shape index (κ3) is 4.22. The molecule has 0 spiro atoms. The van der Waals surface area contributed by atoms with Gasteiger partial charge in [0.05, 0.1) is 11.0 Å². The Balaban J connectivity index is 1.21. The Bertz CT molecular complexity index is 3580. The van der Waals surface area contributed by atoms with Crippen molar-refractivity contribution in [3.8, 4) is 33.4 Å². The van der Waals surface area contributed by atoms with Crippen LogP contribution in [0, 0.1) is 0 Å². The summed E-state index contributed by atoms with van der Waals surface area (Å²) in [5.74, 6) is 0. The van der Waals surface area contributed by atoms with Crippen LogP contribution in [-0.2, 0) is 0 Å².